The molecule has 0 bridgehead atoms. The molecule has 0 N–H and O–H groups in total. The van der Waals surface area contributed by atoms with Crippen molar-refractivity contribution in [3.8, 4) is 0 Å². The van der Waals surface area contributed by atoms with Crippen LogP contribution in [-0.4, -0.2) is 19.1 Å². The lowest BCUT2D eigenvalue weighted by Crippen LogP contribution is -2.00. The molecule has 0 atom stereocenters. The minimum Gasteiger partial charge on any atom is -0.399 e. The molecule has 1 aromatic carbocycles. The van der Waals surface area contributed by atoms with E-state index in [1.54, 1.807) is 0 Å². The first kappa shape index (κ1) is 12.4. The second-order valence-electron chi connectivity index (χ2n) is 3.87. The highest BCUT2D eigenvalue weighted by Gasteiger charge is 2.05. The maximum absolute atomic E-state index is 11.7. The van der Waals surface area contributed by atoms with E-state index in [9.17, 15) is 4.79 Å². The minimum absolute atomic E-state index is 0.0520. The Balaban J connectivity index is 2.66. The van der Waals surface area contributed by atoms with E-state index in [4.69, 9.17) is 0 Å². The van der Waals surface area contributed by atoms with Crippen LogP contribution < -0.4 is 0 Å². The summed E-state index contributed by atoms with van der Waals surface area (Å²) in [6.45, 7) is 4.25. The summed E-state index contributed by atoms with van der Waals surface area (Å²) in [5.74, 6) is 0.537. The van der Waals surface area contributed by atoms with Crippen molar-refractivity contribution >= 4 is 12.0 Å². The highest BCUT2D eigenvalue weighted by Crippen LogP contribution is 2.15. The molecular formula is C13H17NO2. The molecule has 0 heterocycles. The van der Waals surface area contributed by atoms with Gasteiger partial charge in [0, 0.05) is 12.0 Å². The maximum Gasteiger partial charge on any atom is 0.168 e. The number of ketones is 1. The van der Waals surface area contributed by atoms with Gasteiger partial charge in [0.2, 0.25) is 0 Å². The summed E-state index contributed by atoms with van der Waals surface area (Å²) < 4.78 is 0. The fraction of sp³-hybridized carbons (Fsp3) is 0.385. The van der Waals surface area contributed by atoms with E-state index in [-0.39, 0.29) is 12.2 Å². The van der Waals surface area contributed by atoms with Crippen molar-refractivity contribution < 1.29 is 9.63 Å². The smallest absolute Gasteiger partial charge is 0.168 e. The zero-order chi connectivity index (χ0) is 12.0. The van der Waals surface area contributed by atoms with Crippen molar-refractivity contribution in [2.45, 2.75) is 26.2 Å². The number of oxime groups is 1. The van der Waals surface area contributed by atoms with Crippen molar-refractivity contribution in [1.82, 2.24) is 0 Å². The van der Waals surface area contributed by atoms with Crippen LogP contribution >= 0.6 is 0 Å². The average molecular weight is 219 g/mol. The summed E-state index contributed by atoms with van der Waals surface area (Å²) in [5.41, 5.74) is 1.95. The lowest BCUT2D eigenvalue weighted by molar-refractivity contribution is 0.1000. The van der Waals surface area contributed by atoms with Crippen LogP contribution in [-0.2, 0) is 4.84 Å². The third-order valence-corrected chi connectivity index (χ3v) is 2.36. The summed E-state index contributed by atoms with van der Waals surface area (Å²) in [6.07, 6.45) is 1.74. The first-order valence-electron chi connectivity index (χ1n) is 5.33. The molecule has 3 heteroatoms. The van der Waals surface area contributed by atoms with Gasteiger partial charge < -0.3 is 4.84 Å². The second kappa shape index (κ2) is 6.05. The molecule has 0 radical (unpaired) electrons. The first-order chi connectivity index (χ1) is 7.65. The van der Waals surface area contributed by atoms with Gasteiger partial charge in [0.1, 0.15) is 7.11 Å². The molecule has 0 spiro atoms. The molecule has 3 nitrogen and oxygen atoms in total. The number of carbonyl (C=O) groups excluding carboxylic acids is 1. The zero-order valence-electron chi connectivity index (χ0n) is 9.93. The lowest BCUT2D eigenvalue weighted by Gasteiger charge is -2.05. The van der Waals surface area contributed by atoms with Crippen molar-refractivity contribution in [2.75, 3.05) is 7.11 Å². The summed E-state index contributed by atoms with van der Waals surface area (Å²) >= 11 is 0. The van der Waals surface area contributed by atoms with E-state index in [1.165, 1.54) is 18.9 Å². The SMILES string of the molecule is CO/N=C/CC(=O)c1ccc(C(C)C)cc1. The first-order valence-corrected chi connectivity index (χ1v) is 5.33. The molecule has 16 heavy (non-hydrogen) atoms. The molecule has 0 fully saturated rings. The Labute approximate surface area is 96.1 Å². The molecule has 0 amide bonds. The molecule has 1 aromatic rings. The number of Topliss-reactive ketones (excluding diaryl/α,β-unsaturated/α-hetero) is 1. The van der Waals surface area contributed by atoms with Crippen LogP contribution in [0, 0.1) is 0 Å². The average Bonchev–Trinajstić information content (AvgIpc) is 2.29. The molecular weight excluding hydrogens is 202 g/mol. The molecule has 0 saturated heterocycles. The number of rotatable bonds is 5. The van der Waals surface area contributed by atoms with E-state index in [0.29, 0.717) is 11.5 Å². The highest BCUT2D eigenvalue weighted by atomic mass is 16.6. The van der Waals surface area contributed by atoms with Crippen LogP contribution in [0.5, 0.6) is 0 Å². The lowest BCUT2D eigenvalue weighted by atomic mass is 10.00. The normalized spacial score (nSPS) is 11.0. The highest BCUT2D eigenvalue weighted by molar-refractivity contribution is 6.03. The molecule has 0 unspecified atom stereocenters. The molecule has 0 aromatic heterocycles. The third-order valence-electron chi connectivity index (χ3n) is 2.36. The van der Waals surface area contributed by atoms with Gasteiger partial charge in [-0.05, 0) is 11.5 Å². The largest absolute Gasteiger partial charge is 0.399 e. The van der Waals surface area contributed by atoms with Gasteiger partial charge in [0.15, 0.2) is 5.78 Å². The Hall–Kier alpha value is -1.64. The Morgan fingerprint density at radius 1 is 1.38 bits per heavy atom. The van der Waals surface area contributed by atoms with Crippen molar-refractivity contribution in [2.24, 2.45) is 5.16 Å². The summed E-state index contributed by atoms with van der Waals surface area (Å²) in [4.78, 5) is 16.1. The third kappa shape index (κ3) is 3.50. The van der Waals surface area contributed by atoms with Crippen molar-refractivity contribution in [3.05, 3.63) is 35.4 Å². The molecule has 1 rings (SSSR count). The molecule has 0 saturated carbocycles. The standard InChI is InChI=1S/C13H17NO2/c1-10(2)11-4-6-12(7-5-11)13(15)8-9-14-16-3/h4-7,9-10H,8H2,1-3H3/b14-9+. The quantitative estimate of drug-likeness (QED) is 0.434. The van der Waals surface area contributed by atoms with Crippen LogP contribution in [0.3, 0.4) is 0 Å². The monoisotopic (exact) mass is 219 g/mol. The number of hydrogen-bond donors (Lipinski definition) is 0. The van der Waals surface area contributed by atoms with Crippen LogP contribution in [0.2, 0.25) is 0 Å². The second-order valence-corrected chi connectivity index (χ2v) is 3.87. The molecule has 0 aliphatic heterocycles. The van der Waals surface area contributed by atoms with Crippen LogP contribution in [0.25, 0.3) is 0 Å². The fourth-order valence-corrected chi connectivity index (χ4v) is 1.37. The molecule has 86 valence electrons. The van der Waals surface area contributed by atoms with Crippen LogP contribution in [0.1, 0.15) is 42.1 Å². The Bertz CT molecular complexity index is 366. The van der Waals surface area contributed by atoms with Gasteiger partial charge in [0.05, 0.1) is 6.21 Å². The van der Waals surface area contributed by atoms with Gasteiger partial charge in [-0.25, -0.2) is 0 Å². The molecule has 0 aliphatic carbocycles. The summed E-state index contributed by atoms with van der Waals surface area (Å²) in [5, 5.41) is 3.54. The minimum atomic E-state index is 0.0520. The predicted molar refractivity (Wildman–Crippen MR) is 65.0 cm³/mol. The number of benzene rings is 1. The van der Waals surface area contributed by atoms with Crippen LogP contribution in [0.15, 0.2) is 29.4 Å². The summed E-state index contributed by atoms with van der Waals surface area (Å²) in [6, 6.07) is 7.70. The van der Waals surface area contributed by atoms with Crippen molar-refractivity contribution in [1.29, 1.82) is 0 Å². The molecule has 0 aliphatic rings. The van der Waals surface area contributed by atoms with E-state index in [0.717, 1.165) is 0 Å². The zero-order valence-corrected chi connectivity index (χ0v) is 9.93. The van der Waals surface area contributed by atoms with E-state index in [2.05, 4.69) is 23.8 Å². The maximum atomic E-state index is 11.7. The van der Waals surface area contributed by atoms with Crippen molar-refractivity contribution in [3.63, 3.8) is 0 Å². The van der Waals surface area contributed by atoms with Gasteiger partial charge in [-0.2, -0.15) is 0 Å². The Kier molecular flexibility index (Phi) is 4.70. The fourth-order valence-electron chi connectivity index (χ4n) is 1.37. The van der Waals surface area contributed by atoms with Gasteiger partial charge in [-0.15, -0.1) is 0 Å². The Morgan fingerprint density at radius 2 is 2.00 bits per heavy atom. The van der Waals surface area contributed by atoms with Gasteiger partial charge >= 0.3 is 0 Å². The van der Waals surface area contributed by atoms with Gasteiger partial charge in [-0.1, -0.05) is 43.3 Å². The van der Waals surface area contributed by atoms with Crippen LogP contribution in [0.4, 0.5) is 0 Å². The van der Waals surface area contributed by atoms with E-state index in [1.807, 2.05) is 24.3 Å². The Morgan fingerprint density at radius 3 is 2.50 bits per heavy atom. The number of carbonyl (C=O) groups is 1. The van der Waals surface area contributed by atoms with E-state index >= 15 is 0 Å². The van der Waals surface area contributed by atoms with Gasteiger partial charge in [0.25, 0.3) is 0 Å². The topological polar surface area (TPSA) is 38.7 Å². The predicted octanol–water partition coefficient (Wildman–Crippen LogP) is 3.02. The number of hydrogen-bond acceptors (Lipinski definition) is 3. The van der Waals surface area contributed by atoms with E-state index < -0.39 is 0 Å². The number of nitrogens with zero attached hydrogens (tertiary/aromatic N) is 1. The summed E-state index contributed by atoms with van der Waals surface area (Å²) in [7, 11) is 1.46. The van der Waals surface area contributed by atoms with Gasteiger partial charge in [-0.3, -0.25) is 4.79 Å².